The van der Waals surface area contributed by atoms with E-state index in [0.29, 0.717) is 5.02 Å². The number of carboxylic acid groups (broad SMARTS) is 1. The standard InChI is InChI=1S/C20H15ClF3NO3/c21-12-6-3-10-7-14-15(13(10)8-12)16(14)18(26)25-17(19(27)28)9-1-4-11(5-2-9)20(22,23)24/h1-6,8,14-17H,7H2,(H,25,26)(H,27,28). The van der Waals surface area contributed by atoms with Crippen LogP contribution in [-0.4, -0.2) is 17.0 Å². The molecule has 4 atom stereocenters. The lowest BCUT2D eigenvalue weighted by Gasteiger charge is -2.17. The molecule has 2 N–H and O–H groups in total. The predicted molar refractivity (Wildman–Crippen MR) is 94.8 cm³/mol. The first kappa shape index (κ1) is 18.8. The minimum Gasteiger partial charge on any atom is -0.479 e. The van der Waals surface area contributed by atoms with E-state index in [0.717, 1.165) is 41.8 Å². The molecule has 146 valence electrons. The maximum atomic E-state index is 12.7. The number of hydrogen-bond acceptors (Lipinski definition) is 2. The molecule has 0 aliphatic heterocycles. The second-order valence-corrected chi connectivity index (χ2v) is 7.60. The van der Waals surface area contributed by atoms with Crippen LogP contribution in [0.4, 0.5) is 13.2 Å². The lowest BCUT2D eigenvalue weighted by molar-refractivity contribution is -0.142. The Balaban J connectivity index is 1.49. The highest BCUT2D eigenvalue weighted by Gasteiger charge is 2.59. The molecular formula is C20H15ClF3NO3. The molecule has 0 heterocycles. The van der Waals surface area contributed by atoms with Crippen molar-refractivity contribution in [3.05, 3.63) is 69.7 Å². The number of alkyl halides is 3. The Bertz CT molecular complexity index is 958. The number of hydrogen-bond donors (Lipinski definition) is 2. The van der Waals surface area contributed by atoms with Crippen LogP contribution in [0.2, 0.25) is 5.02 Å². The van der Waals surface area contributed by atoms with Gasteiger partial charge in [0.05, 0.1) is 5.56 Å². The van der Waals surface area contributed by atoms with Gasteiger partial charge in [0.15, 0.2) is 6.04 Å². The molecule has 1 fully saturated rings. The Kier molecular flexibility index (Phi) is 4.38. The zero-order valence-electron chi connectivity index (χ0n) is 14.3. The van der Waals surface area contributed by atoms with Gasteiger partial charge < -0.3 is 10.4 Å². The summed E-state index contributed by atoms with van der Waals surface area (Å²) in [7, 11) is 0. The van der Waals surface area contributed by atoms with Crippen molar-refractivity contribution in [2.24, 2.45) is 11.8 Å². The molecule has 0 bridgehead atoms. The van der Waals surface area contributed by atoms with Gasteiger partial charge in [-0.15, -0.1) is 0 Å². The normalized spacial score (nSPS) is 23.5. The fourth-order valence-corrected chi connectivity index (χ4v) is 4.30. The molecule has 0 spiro atoms. The monoisotopic (exact) mass is 409 g/mol. The van der Waals surface area contributed by atoms with Crippen LogP contribution in [0.15, 0.2) is 42.5 Å². The minimum absolute atomic E-state index is 0.00995. The number of halogens is 4. The van der Waals surface area contributed by atoms with Crippen molar-refractivity contribution in [1.29, 1.82) is 0 Å². The topological polar surface area (TPSA) is 66.4 Å². The summed E-state index contributed by atoms with van der Waals surface area (Å²) in [6, 6.07) is 7.92. The van der Waals surface area contributed by atoms with Crippen molar-refractivity contribution >= 4 is 23.5 Å². The van der Waals surface area contributed by atoms with E-state index in [4.69, 9.17) is 11.6 Å². The van der Waals surface area contributed by atoms with Crippen LogP contribution in [0.3, 0.4) is 0 Å². The van der Waals surface area contributed by atoms with Crippen molar-refractivity contribution in [2.75, 3.05) is 0 Å². The number of aliphatic carboxylic acids is 1. The second-order valence-electron chi connectivity index (χ2n) is 7.16. The molecule has 1 saturated carbocycles. The predicted octanol–water partition coefficient (Wildman–Crippen LogP) is 4.19. The Morgan fingerprint density at radius 1 is 1.14 bits per heavy atom. The smallest absolute Gasteiger partial charge is 0.416 e. The summed E-state index contributed by atoms with van der Waals surface area (Å²) in [5.41, 5.74) is 1.36. The van der Waals surface area contributed by atoms with Crippen LogP contribution in [0.25, 0.3) is 0 Å². The molecule has 28 heavy (non-hydrogen) atoms. The van der Waals surface area contributed by atoms with Crippen molar-refractivity contribution in [3.63, 3.8) is 0 Å². The third kappa shape index (κ3) is 3.24. The maximum Gasteiger partial charge on any atom is 0.416 e. The molecule has 0 saturated heterocycles. The molecule has 0 aromatic heterocycles. The molecule has 4 unspecified atom stereocenters. The Hall–Kier alpha value is -2.54. The zero-order valence-corrected chi connectivity index (χ0v) is 15.1. The molecule has 2 aliphatic rings. The number of amides is 1. The fraction of sp³-hybridized carbons (Fsp3) is 0.300. The number of nitrogens with one attached hydrogen (secondary N) is 1. The lowest BCUT2D eigenvalue weighted by Crippen LogP contribution is -2.35. The third-order valence-corrected chi connectivity index (χ3v) is 5.73. The summed E-state index contributed by atoms with van der Waals surface area (Å²) in [5.74, 6) is -1.97. The number of carbonyl (C=O) groups excluding carboxylic acids is 1. The van der Waals surface area contributed by atoms with Gasteiger partial charge in [0.1, 0.15) is 0 Å². The fourth-order valence-electron chi connectivity index (χ4n) is 4.12. The average Bonchev–Trinajstić information content (AvgIpc) is 3.23. The van der Waals surface area contributed by atoms with Gasteiger partial charge in [-0.25, -0.2) is 4.79 Å². The quantitative estimate of drug-likeness (QED) is 0.795. The van der Waals surface area contributed by atoms with Crippen molar-refractivity contribution in [2.45, 2.75) is 24.6 Å². The summed E-state index contributed by atoms with van der Waals surface area (Å²) in [5, 5.41) is 12.5. The van der Waals surface area contributed by atoms with Crippen molar-refractivity contribution < 1.29 is 27.9 Å². The van der Waals surface area contributed by atoms with Crippen molar-refractivity contribution in [3.8, 4) is 0 Å². The first-order valence-electron chi connectivity index (χ1n) is 8.65. The first-order valence-corrected chi connectivity index (χ1v) is 9.03. The molecule has 2 aliphatic carbocycles. The summed E-state index contributed by atoms with van der Waals surface area (Å²) < 4.78 is 38.1. The highest BCUT2D eigenvalue weighted by Crippen LogP contribution is 2.61. The molecule has 4 nitrogen and oxygen atoms in total. The van der Waals surface area contributed by atoms with Gasteiger partial charge in [0.2, 0.25) is 5.91 Å². The molecule has 2 aromatic rings. The van der Waals surface area contributed by atoms with Crippen LogP contribution in [0, 0.1) is 11.8 Å². The van der Waals surface area contributed by atoms with E-state index >= 15 is 0 Å². The van der Waals surface area contributed by atoms with Gasteiger partial charge in [-0.05, 0) is 53.3 Å². The summed E-state index contributed by atoms with van der Waals surface area (Å²) >= 11 is 6.03. The number of benzene rings is 2. The molecule has 4 rings (SSSR count). The van der Waals surface area contributed by atoms with Gasteiger partial charge in [-0.1, -0.05) is 29.8 Å². The van der Waals surface area contributed by atoms with Crippen LogP contribution in [-0.2, 0) is 22.2 Å². The van der Waals surface area contributed by atoms with Crippen LogP contribution >= 0.6 is 11.6 Å². The van der Waals surface area contributed by atoms with Crippen LogP contribution in [0.5, 0.6) is 0 Å². The van der Waals surface area contributed by atoms with Gasteiger partial charge >= 0.3 is 12.1 Å². The van der Waals surface area contributed by atoms with E-state index in [1.54, 1.807) is 6.07 Å². The van der Waals surface area contributed by atoms with E-state index in [-0.39, 0.29) is 23.3 Å². The highest BCUT2D eigenvalue weighted by atomic mass is 35.5. The van der Waals surface area contributed by atoms with Crippen LogP contribution in [0.1, 0.15) is 34.2 Å². The van der Waals surface area contributed by atoms with E-state index in [1.165, 1.54) is 0 Å². The van der Waals surface area contributed by atoms with Crippen LogP contribution < -0.4 is 5.32 Å². The lowest BCUT2D eigenvalue weighted by atomic mass is 10.0. The van der Waals surface area contributed by atoms with Gasteiger partial charge in [0, 0.05) is 16.9 Å². The minimum atomic E-state index is -4.51. The van der Waals surface area contributed by atoms with E-state index in [1.807, 2.05) is 12.1 Å². The van der Waals surface area contributed by atoms with Gasteiger partial charge in [0.25, 0.3) is 0 Å². The SMILES string of the molecule is O=C(O)C(NC(=O)C1C2Cc3ccc(Cl)cc3C21)c1ccc(C(F)(F)F)cc1. The number of carboxylic acids is 1. The Morgan fingerprint density at radius 3 is 2.43 bits per heavy atom. The highest BCUT2D eigenvalue weighted by molar-refractivity contribution is 6.30. The number of rotatable bonds is 4. The molecule has 8 heteroatoms. The van der Waals surface area contributed by atoms with E-state index < -0.39 is 29.7 Å². The largest absolute Gasteiger partial charge is 0.479 e. The molecular weight excluding hydrogens is 395 g/mol. The van der Waals surface area contributed by atoms with E-state index in [2.05, 4.69) is 5.32 Å². The number of fused-ring (bicyclic) bond motifs is 3. The average molecular weight is 410 g/mol. The Labute approximate surface area is 163 Å². The first-order chi connectivity index (χ1) is 13.2. The maximum absolute atomic E-state index is 12.7. The third-order valence-electron chi connectivity index (χ3n) is 5.50. The second kappa shape index (κ2) is 6.51. The zero-order chi connectivity index (χ0) is 20.2. The van der Waals surface area contributed by atoms with Gasteiger partial charge in [-0.3, -0.25) is 4.79 Å². The molecule has 2 aromatic carbocycles. The molecule has 1 amide bonds. The molecule has 0 radical (unpaired) electrons. The van der Waals surface area contributed by atoms with E-state index in [9.17, 15) is 27.9 Å². The Morgan fingerprint density at radius 2 is 1.82 bits per heavy atom. The van der Waals surface area contributed by atoms with Crippen molar-refractivity contribution in [1.82, 2.24) is 5.32 Å². The number of carbonyl (C=O) groups is 2. The summed E-state index contributed by atoms with van der Waals surface area (Å²) in [6.45, 7) is 0. The van der Waals surface area contributed by atoms with Gasteiger partial charge in [-0.2, -0.15) is 13.2 Å². The summed E-state index contributed by atoms with van der Waals surface area (Å²) in [6.07, 6.45) is -3.78. The summed E-state index contributed by atoms with van der Waals surface area (Å²) in [4.78, 5) is 24.2.